The van der Waals surface area contributed by atoms with Gasteiger partial charge in [-0.25, -0.2) is 9.59 Å². The van der Waals surface area contributed by atoms with Crippen LogP contribution in [0.4, 0.5) is 0 Å². The normalized spacial score (nSPS) is 12.8. The minimum atomic E-state index is -1.11. The number of aryl methyl sites for hydroxylation is 1. The molecule has 0 spiro atoms. The van der Waals surface area contributed by atoms with Gasteiger partial charge in [0.2, 0.25) is 0 Å². The number of carboxylic acid groups (broad SMARTS) is 2. The van der Waals surface area contributed by atoms with Gasteiger partial charge in [-0.15, -0.1) is 0 Å². The fourth-order valence-electron chi connectivity index (χ4n) is 1.78. The quantitative estimate of drug-likeness (QED) is 0.750. The van der Waals surface area contributed by atoms with Crippen LogP contribution in [0, 0.1) is 5.92 Å². The molecule has 0 aliphatic rings. The minimum Gasteiger partial charge on any atom is -0.478 e. The van der Waals surface area contributed by atoms with Crippen molar-refractivity contribution in [3.63, 3.8) is 0 Å². The summed E-state index contributed by atoms with van der Waals surface area (Å²) >= 11 is 0. The predicted molar refractivity (Wildman–Crippen MR) is 76.4 cm³/mol. The van der Waals surface area contributed by atoms with Crippen molar-refractivity contribution in [2.24, 2.45) is 5.92 Å². The second kappa shape index (κ2) is 7.28. The molecule has 20 heavy (non-hydrogen) atoms. The first-order valence-corrected chi connectivity index (χ1v) is 6.31. The third kappa shape index (κ3) is 4.72. The van der Waals surface area contributed by atoms with Crippen molar-refractivity contribution in [3.05, 3.63) is 59.7 Å². The maximum atomic E-state index is 11.2. The van der Waals surface area contributed by atoms with Crippen LogP contribution in [0.25, 0.3) is 0 Å². The Labute approximate surface area is 118 Å². The number of rotatable bonds is 7. The van der Waals surface area contributed by atoms with Crippen molar-refractivity contribution >= 4 is 11.9 Å². The van der Waals surface area contributed by atoms with E-state index in [2.05, 4.69) is 6.58 Å². The summed E-state index contributed by atoms with van der Waals surface area (Å²) in [7, 11) is 0. The number of hydrogen-bond donors (Lipinski definition) is 2. The monoisotopic (exact) mass is 274 g/mol. The highest BCUT2D eigenvalue weighted by atomic mass is 16.4. The summed E-state index contributed by atoms with van der Waals surface area (Å²) in [4.78, 5) is 22.0. The smallest absolute Gasteiger partial charge is 0.331 e. The molecule has 0 heterocycles. The van der Waals surface area contributed by atoms with Gasteiger partial charge in [0.05, 0.1) is 0 Å². The van der Waals surface area contributed by atoms with Gasteiger partial charge in [0.25, 0.3) is 0 Å². The SMILES string of the molecule is C=C(C(=O)O)C(C)C=C(CCc1ccccc1)C(=O)O. The number of allylic oxidation sites excluding steroid dienone is 1. The van der Waals surface area contributed by atoms with Crippen LogP contribution in [0.2, 0.25) is 0 Å². The van der Waals surface area contributed by atoms with E-state index in [4.69, 9.17) is 5.11 Å². The molecule has 0 saturated carbocycles. The molecule has 0 saturated heterocycles. The van der Waals surface area contributed by atoms with E-state index in [0.29, 0.717) is 12.8 Å². The van der Waals surface area contributed by atoms with E-state index >= 15 is 0 Å². The molecule has 1 aromatic rings. The van der Waals surface area contributed by atoms with E-state index < -0.39 is 17.9 Å². The average Bonchev–Trinajstić information content (AvgIpc) is 2.42. The average molecular weight is 274 g/mol. The molecule has 2 N–H and O–H groups in total. The van der Waals surface area contributed by atoms with Gasteiger partial charge >= 0.3 is 11.9 Å². The fourth-order valence-corrected chi connectivity index (χ4v) is 1.78. The first-order valence-electron chi connectivity index (χ1n) is 6.31. The van der Waals surface area contributed by atoms with Crippen molar-refractivity contribution in [1.82, 2.24) is 0 Å². The molecule has 106 valence electrons. The van der Waals surface area contributed by atoms with Gasteiger partial charge in [-0.3, -0.25) is 0 Å². The fraction of sp³-hybridized carbons (Fsp3) is 0.250. The molecule has 0 aromatic heterocycles. The molecule has 0 amide bonds. The van der Waals surface area contributed by atoms with Crippen LogP contribution >= 0.6 is 0 Å². The molecule has 1 rings (SSSR count). The zero-order chi connectivity index (χ0) is 15.1. The standard InChI is InChI=1S/C16H18O4/c1-11(12(2)15(17)18)10-14(16(19)20)9-8-13-6-4-3-5-7-13/h3-7,10-11H,2,8-9H2,1H3,(H,17,18)(H,19,20). The summed E-state index contributed by atoms with van der Waals surface area (Å²) < 4.78 is 0. The lowest BCUT2D eigenvalue weighted by Crippen LogP contribution is -2.10. The molecule has 1 unspecified atom stereocenters. The number of carbonyl (C=O) groups is 2. The van der Waals surface area contributed by atoms with Crippen LogP contribution < -0.4 is 0 Å². The van der Waals surface area contributed by atoms with Gasteiger partial charge in [0, 0.05) is 17.1 Å². The van der Waals surface area contributed by atoms with E-state index in [-0.39, 0.29) is 11.1 Å². The first-order chi connectivity index (χ1) is 9.41. The predicted octanol–water partition coefficient (Wildman–Crippen LogP) is 2.91. The van der Waals surface area contributed by atoms with Gasteiger partial charge in [0.15, 0.2) is 0 Å². The second-order valence-electron chi connectivity index (χ2n) is 4.60. The van der Waals surface area contributed by atoms with E-state index in [9.17, 15) is 14.7 Å². The Bertz CT molecular complexity index is 529. The van der Waals surface area contributed by atoms with Gasteiger partial charge < -0.3 is 10.2 Å². The topological polar surface area (TPSA) is 74.6 Å². The van der Waals surface area contributed by atoms with Crippen molar-refractivity contribution in [3.8, 4) is 0 Å². The van der Waals surface area contributed by atoms with Crippen molar-refractivity contribution < 1.29 is 19.8 Å². The Morgan fingerprint density at radius 3 is 2.30 bits per heavy atom. The number of benzene rings is 1. The highest BCUT2D eigenvalue weighted by Gasteiger charge is 2.15. The minimum absolute atomic E-state index is 0.0107. The largest absolute Gasteiger partial charge is 0.478 e. The van der Waals surface area contributed by atoms with Gasteiger partial charge in [-0.1, -0.05) is 49.9 Å². The Hall–Kier alpha value is -2.36. The molecule has 4 nitrogen and oxygen atoms in total. The Balaban J connectivity index is 2.77. The molecular weight excluding hydrogens is 256 g/mol. The third-order valence-corrected chi connectivity index (χ3v) is 3.08. The summed E-state index contributed by atoms with van der Waals surface area (Å²) in [6, 6.07) is 9.55. The molecular formula is C16H18O4. The van der Waals surface area contributed by atoms with E-state index in [0.717, 1.165) is 5.56 Å². The van der Waals surface area contributed by atoms with E-state index in [1.807, 2.05) is 30.3 Å². The van der Waals surface area contributed by atoms with Gasteiger partial charge in [0.1, 0.15) is 0 Å². The molecule has 0 fully saturated rings. The Kier molecular flexibility index (Phi) is 5.72. The lowest BCUT2D eigenvalue weighted by molar-refractivity contribution is -0.134. The summed E-state index contributed by atoms with van der Waals surface area (Å²) in [5, 5.41) is 18.0. The molecule has 0 bridgehead atoms. The molecule has 0 radical (unpaired) electrons. The third-order valence-electron chi connectivity index (χ3n) is 3.08. The molecule has 1 atom stereocenters. The molecule has 0 aliphatic heterocycles. The van der Waals surface area contributed by atoms with Crippen LogP contribution in [0.5, 0.6) is 0 Å². The Morgan fingerprint density at radius 2 is 1.80 bits per heavy atom. The lowest BCUT2D eigenvalue weighted by atomic mass is 9.96. The summed E-state index contributed by atoms with van der Waals surface area (Å²) in [5.74, 6) is -2.64. The zero-order valence-electron chi connectivity index (χ0n) is 11.4. The molecule has 0 aliphatic carbocycles. The summed E-state index contributed by atoms with van der Waals surface area (Å²) in [6.45, 7) is 5.07. The maximum absolute atomic E-state index is 11.2. The van der Waals surface area contributed by atoms with Crippen LogP contribution in [-0.4, -0.2) is 22.2 Å². The number of aliphatic carboxylic acids is 2. The van der Waals surface area contributed by atoms with Crippen LogP contribution in [0.15, 0.2) is 54.1 Å². The highest BCUT2D eigenvalue weighted by Crippen LogP contribution is 2.16. The van der Waals surface area contributed by atoms with E-state index in [1.165, 1.54) is 6.08 Å². The van der Waals surface area contributed by atoms with Crippen LogP contribution in [-0.2, 0) is 16.0 Å². The second-order valence-corrected chi connectivity index (χ2v) is 4.60. The highest BCUT2D eigenvalue weighted by molar-refractivity contribution is 5.89. The first kappa shape index (κ1) is 15.7. The number of hydrogen-bond acceptors (Lipinski definition) is 2. The summed E-state index contributed by atoms with van der Waals surface area (Å²) in [6.07, 6.45) is 2.42. The number of carboxylic acids is 2. The van der Waals surface area contributed by atoms with Crippen molar-refractivity contribution in [2.75, 3.05) is 0 Å². The van der Waals surface area contributed by atoms with E-state index in [1.54, 1.807) is 6.92 Å². The summed E-state index contributed by atoms with van der Waals surface area (Å²) in [5.41, 5.74) is 1.25. The lowest BCUT2D eigenvalue weighted by Gasteiger charge is -2.09. The van der Waals surface area contributed by atoms with Crippen LogP contribution in [0.1, 0.15) is 18.9 Å². The zero-order valence-corrected chi connectivity index (χ0v) is 11.4. The molecule has 4 heteroatoms. The van der Waals surface area contributed by atoms with Gasteiger partial charge in [-0.2, -0.15) is 0 Å². The van der Waals surface area contributed by atoms with Crippen molar-refractivity contribution in [1.29, 1.82) is 0 Å². The Morgan fingerprint density at radius 1 is 1.20 bits per heavy atom. The van der Waals surface area contributed by atoms with Crippen molar-refractivity contribution in [2.45, 2.75) is 19.8 Å². The molecule has 1 aromatic carbocycles. The van der Waals surface area contributed by atoms with Crippen LogP contribution in [0.3, 0.4) is 0 Å². The van der Waals surface area contributed by atoms with Gasteiger partial charge in [-0.05, 0) is 18.4 Å². The maximum Gasteiger partial charge on any atom is 0.331 e.